The number of amides is 1. The van der Waals surface area contributed by atoms with E-state index in [1.54, 1.807) is 9.58 Å². The summed E-state index contributed by atoms with van der Waals surface area (Å²) in [5.74, 6) is 1.79. The van der Waals surface area contributed by atoms with Crippen LogP contribution in [-0.2, 0) is 4.79 Å². The minimum atomic E-state index is -0.666. The first kappa shape index (κ1) is 22.8. The molecular formula is C24H27N4O4S+. The number of rotatable bonds is 7. The molecule has 1 atom stereocenters. The second-order valence-corrected chi connectivity index (χ2v) is 8.59. The van der Waals surface area contributed by atoms with Crippen LogP contribution in [0.4, 0.5) is 5.69 Å². The van der Waals surface area contributed by atoms with Gasteiger partial charge in [0.15, 0.2) is 11.5 Å². The summed E-state index contributed by atoms with van der Waals surface area (Å²) < 4.78 is 13.2. The first-order valence-corrected chi connectivity index (χ1v) is 12.0. The molecular weight excluding hydrogens is 440 g/mol. The van der Waals surface area contributed by atoms with Crippen molar-refractivity contribution in [3.8, 4) is 22.8 Å². The third-order valence-corrected chi connectivity index (χ3v) is 5.99. The summed E-state index contributed by atoms with van der Waals surface area (Å²) in [6.45, 7) is 8.29. The van der Waals surface area contributed by atoms with Crippen LogP contribution in [0.15, 0.2) is 52.4 Å². The van der Waals surface area contributed by atoms with Crippen LogP contribution in [-0.4, -0.2) is 35.0 Å². The van der Waals surface area contributed by atoms with Gasteiger partial charge in [0.05, 0.1) is 24.5 Å². The fourth-order valence-electron chi connectivity index (χ4n) is 4.04. The Morgan fingerprint density at radius 2 is 1.85 bits per heavy atom. The molecule has 0 saturated carbocycles. The number of hydrogen-bond donors (Lipinski definition) is 1. The van der Waals surface area contributed by atoms with Gasteiger partial charge in [0.1, 0.15) is 0 Å². The number of fused-ring (bicyclic) bond motifs is 3. The Morgan fingerprint density at radius 1 is 1.12 bits per heavy atom. The number of hydrogen-bond acceptors (Lipinski definition) is 6. The summed E-state index contributed by atoms with van der Waals surface area (Å²) in [4.78, 5) is 30.7. The molecule has 3 aromatic rings. The highest BCUT2D eigenvalue weighted by atomic mass is 32.2. The van der Waals surface area contributed by atoms with E-state index in [1.165, 1.54) is 18.7 Å². The van der Waals surface area contributed by atoms with Gasteiger partial charge >= 0.3 is 11.3 Å². The number of ether oxygens (including phenoxy) is 2. The van der Waals surface area contributed by atoms with Crippen molar-refractivity contribution < 1.29 is 19.0 Å². The highest BCUT2D eigenvalue weighted by Gasteiger charge is 2.45. The molecule has 4 rings (SSSR count). The summed E-state index contributed by atoms with van der Waals surface area (Å²) in [6.07, 6.45) is -0.666. The van der Waals surface area contributed by atoms with E-state index in [4.69, 9.17) is 14.6 Å². The molecule has 1 aliphatic rings. The average molecular weight is 468 g/mol. The van der Waals surface area contributed by atoms with Gasteiger partial charge in [0.2, 0.25) is 11.1 Å². The lowest BCUT2D eigenvalue weighted by molar-refractivity contribution is -0.763. The van der Waals surface area contributed by atoms with Crippen LogP contribution in [0.2, 0.25) is 0 Å². The van der Waals surface area contributed by atoms with E-state index >= 15 is 0 Å². The van der Waals surface area contributed by atoms with Crippen molar-refractivity contribution >= 4 is 23.4 Å². The zero-order valence-electron chi connectivity index (χ0n) is 19.1. The molecule has 1 aliphatic heterocycles. The number of thioether (sulfide) groups is 1. The van der Waals surface area contributed by atoms with E-state index in [0.717, 1.165) is 11.3 Å². The van der Waals surface area contributed by atoms with Crippen molar-refractivity contribution in [1.82, 2.24) is 10.1 Å². The molecule has 33 heavy (non-hydrogen) atoms. The van der Waals surface area contributed by atoms with Crippen molar-refractivity contribution in [2.75, 3.05) is 23.9 Å². The highest BCUT2D eigenvalue weighted by Crippen LogP contribution is 2.39. The van der Waals surface area contributed by atoms with Gasteiger partial charge in [0.25, 0.3) is 6.17 Å². The summed E-state index contributed by atoms with van der Waals surface area (Å²) in [5, 5.41) is 5.24. The summed E-state index contributed by atoms with van der Waals surface area (Å²) >= 11 is 1.44. The molecule has 0 aliphatic carbocycles. The molecule has 172 valence electrons. The van der Waals surface area contributed by atoms with Crippen LogP contribution in [0.5, 0.6) is 11.5 Å². The molecule has 1 aromatic heterocycles. The van der Waals surface area contributed by atoms with Crippen LogP contribution in [0, 0.1) is 0 Å². The number of nitrogens with one attached hydrogen (secondary N) is 1. The van der Waals surface area contributed by atoms with Crippen LogP contribution < -0.4 is 24.6 Å². The second-order valence-electron chi connectivity index (χ2n) is 7.34. The quantitative estimate of drug-likeness (QED) is 0.422. The largest absolute Gasteiger partial charge is 0.490 e. The second kappa shape index (κ2) is 9.66. The number of H-pyrrole nitrogens is 1. The standard InChI is InChI=1S/C24H26N4O4S/c1-5-31-19-13-12-16(14-20(19)32-6-2)23-27(15(4)29)18-11-9-8-10-17(18)21-22(30)25-24(33-7-3)26-28(21)23/h8-14,23H,5-7H2,1-4H3/p+1. The first-order valence-electron chi connectivity index (χ1n) is 11.0. The van der Waals surface area contributed by atoms with Crippen molar-refractivity contribution in [2.45, 2.75) is 39.0 Å². The predicted octanol–water partition coefficient (Wildman–Crippen LogP) is 3.55. The van der Waals surface area contributed by atoms with Crippen molar-refractivity contribution in [1.29, 1.82) is 0 Å². The van der Waals surface area contributed by atoms with E-state index in [0.29, 0.717) is 46.8 Å². The maximum Gasteiger partial charge on any atom is 0.325 e. The lowest BCUT2D eigenvalue weighted by Gasteiger charge is -2.31. The van der Waals surface area contributed by atoms with Crippen LogP contribution in [0.3, 0.4) is 0 Å². The zero-order valence-corrected chi connectivity index (χ0v) is 19.9. The number of para-hydroxylation sites is 1. The van der Waals surface area contributed by atoms with Crippen LogP contribution in [0.1, 0.15) is 39.4 Å². The van der Waals surface area contributed by atoms with E-state index in [2.05, 4.69) is 4.98 Å². The molecule has 2 heterocycles. The molecule has 0 bridgehead atoms. The SMILES string of the molecule is CCOc1ccc(C2N(C(C)=O)c3ccccc3-c3c(=O)[nH]c(SCC)n[n+]32)cc1OCC. The number of benzene rings is 2. The normalized spacial score (nSPS) is 14.4. The van der Waals surface area contributed by atoms with E-state index in [9.17, 15) is 9.59 Å². The van der Waals surface area contributed by atoms with Gasteiger partial charge in [-0.05, 0) is 54.6 Å². The third kappa shape index (κ3) is 4.20. The fourth-order valence-corrected chi connectivity index (χ4v) is 4.63. The van der Waals surface area contributed by atoms with Crippen molar-refractivity contribution in [3.05, 3.63) is 58.4 Å². The van der Waals surface area contributed by atoms with Gasteiger partial charge in [0, 0.05) is 17.6 Å². The molecule has 9 heteroatoms. The molecule has 0 fully saturated rings. The molecule has 1 unspecified atom stereocenters. The van der Waals surface area contributed by atoms with Gasteiger partial charge in [-0.3, -0.25) is 14.6 Å². The van der Waals surface area contributed by atoms with Crippen LogP contribution in [0.25, 0.3) is 11.3 Å². The third-order valence-electron chi connectivity index (χ3n) is 5.24. The Hall–Kier alpha value is -3.33. The summed E-state index contributed by atoms with van der Waals surface area (Å²) in [7, 11) is 0. The predicted molar refractivity (Wildman–Crippen MR) is 127 cm³/mol. The molecule has 0 spiro atoms. The number of nitrogens with zero attached hydrogens (tertiary/aromatic N) is 3. The van der Waals surface area contributed by atoms with Crippen LogP contribution >= 0.6 is 11.8 Å². The monoisotopic (exact) mass is 467 g/mol. The highest BCUT2D eigenvalue weighted by molar-refractivity contribution is 7.99. The van der Waals surface area contributed by atoms with Crippen molar-refractivity contribution in [2.24, 2.45) is 0 Å². The zero-order chi connectivity index (χ0) is 23.5. The van der Waals surface area contributed by atoms with E-state index in [-0.39, 0.29) is 11.5 Å². The Labute approximate surface area is 196 Å². The van der Waals surface area contributed by atoms with E-state index in [1.807, 2.05) is 63.2 Å². The number of anilines is 1. The number of aromatic amines is 1. The minimum absolute atomic E-state index is 0.163. The lowest BCUT2D eigenvalue weighted by atomic mass is 10.0. The van der Waals surface area contributed by atoms with Gasteiger partial charge in [-0.1, -0.05) is 30.8 Å². The minimum Gasteiger partial charge on any atom is -0.490 e. The maximum absolute atomic E-state index is 13.2. The molecule has 0 saturated heterocycles. The summed E-state index contributed by atoms with van der Waals surface area (Å²) in [5.41, 5.74) is 2.22. The molecule has 8 nitrogen and oxygen atoms in total. The maximum atomic E-state index is 13.2. The Kier molecular flexibility index (Phi) is 6.69. The number of aromatic nitrogens is 3. The fraction of sp³-hybridized carbons (Fsp3) is 0.333. The Bertz CT molecular complexity index is 1240. The van der Waals surface area contributed by atoms with Gasteiger partial charge < -0.3 is 9.47 Å². The van der Waals surface area contributed by atoms with E-state index < -0.39 is 6.17 Å². The van der Waals surface area contributed by atoms with Crippen molar-refractivity contribution in [3.63, 3.8) is 0 Å². The summed E-state index contributed by atoms with van der Waals surface area (Å²) in [6, 6.07) is 13.0. The Morgan fingerprint density at radius 3 is 2.55 bits per heavy atom. The first-order chi connectivity index (χ1) is 16.0. The molecule has 0 radical (unpaired) electrons. The smallest absolute Gasteiger partial charge is 0.325 e. The number of carbonyl (C=O) groups excluding carboxylic acids is 1. The molecule has 1 amide bonds. The van der Waals surface area contributed by atoms with Gasteiger partial charge in [-0.25, -0.2) is 4.90 Å². The van der Waals surface area contributed by atoms with Gasteiger partial charge in [-0.15, -0.1) is 0 Å². The Balaban J connectivity index is 2.00. The topological polar surface area (TPSA) is 88.4 Å². The van der Waals surface area contributed by atoms with Gasteiger partial charge in [-0.2, -0.15) is 0 Å². The molecule has 2 aromatic carbocycles. The average Bonchev–Trinajstić information content (AvgIpc) is 2.79. The molecule has 1 N–H and O–H groups in total. The lowest BCUT2D eigenvalue weighted by Crippen LogP contribution is -2.60. The number of carbonyl (C=O) groups is 1.